The standard InChI is InChI=1S/C19H22N2O4/c1-12-6-4-5-7-16(12)21-13(2)10-15(14(21)3)17(22)20-19(18(23)24)8-9-25-11-19/h4-7,10H,8-9,11H2,1-3H3,(H,20,22)(H,23,24). The van der Waals surface area contributed by atoms with E-state index in [1.807, 2.05) is 49.6 Å². The summed E-state index contributed by atoms with van der Waals surface area (Å²) in [7, 11) is 0. The number of nitrogens with zero attached hydrogens (tertiary/aromatic N) is 1. The molecule has 0 saturated carbocycles. The molecule has 25 heavy (non-hydrogen) atoms. The van der Waals surface area contributed by atoms with Crippen molar-refractivity contribution in [1.29, 1.82) is 0 Å². The third kappa shape index (κ3) is 2.93. The maximum Gasteiger partial charge on any atom is 0.331 e. The van der Waals surface area contributed by atoms with E-state index in [-0.39, 0.29) is 18.9 Å². The monoisotopic (exact) mass is 342 g/mol. The van der Waals surface area contributed by atoms with Crippen molar-refractivity contribution >= 4 is 11.9 Å². The minimum absolute atomic E-state index is 0.00932. The van der Waals surface area contributed by atoms with Crippen molar-refractivity contribution in [3.05, 3.63) is 52.8 Å². The SMILES string of the molecule is Cc1ccccc1-n1c(C)cc(C(=O)NC2(C(=O)O)CCOC2)c1C. The van der Waals surface area contributed by atoms with Crippen molar-refractivity contribution in [2.75, 3.05) is 13.2 Å². The topological polar surface area (TPSA) is 80.6 Å². The van der Waals surface area contributed by atoms with Gasteiger partial charge in [-0.3, -0.25) is 4.79 Å². The van der Waals surface area contributed by atoms with Gasteiger partial charge in [0.25, 0.3) is 5.91 Å². The van der Waals surface area contributed by atoms with E-state index in [0.717, 1.165) is 22.6 Å². The Morgan fingerprint density at radius 3 is 2.56 bits per heavy atom. The summed E-state index contributed by atoms with van der Waals surface area (Å²) in [5.41, 5.74) is 2.94. The summed E-state index contributed by atoms with van der Waals surface area (Å²) in [5.74, 6) is -1.45. The average molecular weight is 342 g/mol. The first kappa shape index (κ1) is 17.2. The molecule has 1 amide bonds. The van der Waals surface area contributed by atoms with Crippen LogP contribution < -0.4 is 5.32 Å². The molecule has 0 radical (unpaired) electrons. The molecule has 0 spiro atoms. The number of nitrogens with one attached hydrogen (secondary N) is 1. The van der Waals surface area contributed by atoms with Gasteiger partial charge in [0, 0.05) is 30.1 Å². The van der Waals surface area contributed by atoms with E-state index >= 15 is 0 Å². The molecule has 2 aromatic rings. The molecule has 2 N–H and O–H groups in total. The van der Waals surface area contributed by atoms with Crippen molar-refractivity contribution in [3.8, 4) is 5.69 Å². The molecule has 6 nitrogen and oxygen atoms in total. The number of amides is 1. The Kier molecular flexibility index (Phi) is 4.39. The number of hydrogen-bond donors (Lipinski definition) is 2. The van der Waals surface area contributed by atoms with Gasteiger partial charge in [0.1, 0.15) is 0 Å². The van der Waals surface area contributed by atoms with Gasteiger partial charge in [-0.1, -0.05) is 18.2 Å². The van der Waals surface area contributed by atoms with Gasteiger partial charge in [-0.15, -0.1) is 0 Å². The Hall–Kier alpha value is -2.60. The number of ether oxygens (including phenoxy) is 1. The Morgan fingerprint density at radius 2 is 1.96 bits per heavy atom. The van der Waals surface area contributed by atoms with E-state index in [1.54, 1.807) is 6.07 Å². The van der Waals surface area contributed by atoms with E-state index in [2.05, 4.69) is 5.32 Å². The molecule has 0 bridgehead atoms. The first-order valence-corrected chi connectivity index (χ1v) is 8.24. The fourth-order valence-electron chi connectivity index (χ4n) is 3.35. The van der Waals surface area contributed by atoms with Crippen molar-refractivity contribution < 1.29 is 19.4 Å². The molecular formula is C19H22N2O4. The third-order valence-corrected chi connectivity index (χ3v) is 4.82. The quantitative estimate of drug-likeness (QED) is 0.894. The highest BCUT2D eigenvalue weighted by atomic mass is 16.5. The lowest BCUT2D eigenvalue weighted by atomic mass is 9.98. The van der Waals surface area contributed by atoms with Crippen LogP contribution in [0.1, 0.15) is 33.7 Å². The highest BCUT2D eigenvalue weighted by Crippen LogP contribution is 2.25. The second-order valence-corrected chi connectivity index (χ2v) is 6.55. The third-order valence-electron chi connectivity index (χ3n) is 4.82. The number of carboxylic acid groups (broad SMARTS) is 1. The summed E-state index contributed by atoms with van der Waals surface area (Å²) in [6.07, 6.45) is 0.268. The largest absolute Gasteiger partial charge is 0.479 e. The molecule has 1 aliphatic heterocycles. The number of benzene rings is 1. The maximum absolute atomic E-state index is 12.8. The van der Waals surface area contributed by atoms with Crippen molar-refractivity contribution in [2.24, 2.45) is 0 Å². The van der Waals surface area contributed by atoms with Crippen LogP contribution in [0.2, 0.25) is 0 Å². The second kappa shape index (κ2) is 6.37. The summed E-state index contributed by atoms with van der Waals surface area (Å²) in [5, 5.41) is 12.2. The summed E-state index contributed by atoms with van der Waals surface area (Å²) in [4.78, 5) is 24.4. The number of carbonyl (C=O) groups is 2. The molecule has 1 aliphatic rings. The van der Waals surface area contributed by atoms with Crippen LogP contribution >= 0.6 is 0 Å². The van der Waals surface area contributed by atoms with Crippen molar-refractivity contribution in [2.45, 2.75) is 32.7 Å². The predicted octanol–water partition coefficient (Wildman–Crippen LogP) is 2.38. The summed E-state index contributed by atoms with van der Waals surface area (Å²) in [6, 6.07) is 9.74. The van der Waals surface area contributed by atoms with Crippen LogP contribution in [0.4, 0.5) is 0 Å². The van der Waals surface area contributed by atoms with Crippen LogP contribution in [0.5, 0.6) is 0 Å². The molecule has 1 aromatic heterocycles. The zero-order chi connectivity index (χ0) is 18.2. The lowest BCUT2D eigenvalue weighted by Crippen LogP contribution is -2.55. The fraction of sp³-hybridized carbons (Fsp3) is 0.368. The van der Waals surface area contributed by atoms with E-state index in [1.165, 1.54) is 0 Å². The number of hydrogen-bond acceptors (Lipinski definition) is 3. The van der Waals surface area contributed by atoms with E-state index in [0.29, 0.717) is 12.2 Å². The number of para-hydroxylation sites is 1. The lowest BCUT2D eigenvalue weighted by Gasteiger charge is -2.23. The molecule has 132 valence electrons. The minimum atomic E-state index is -1.35. The highest BCUT2D eigenvalue weighted by Gasteiger charge is 2.44. The Labute approximate surface area is 146 Å². The van der Waals surface area contributed by atoms with Crippen LogP contribution in [0.15, 0.2) is 30.3 Å². The molecule has 1 aromatic carbocycles. The predicted molar refractivity (Wildman–Crippen MR) is 93.2 cm³/mol. The average Bonchev–Trinajstić information content (AvgIpc) is 3.14. The number of aromatic nitrogens is 1. The summed E-state index contributed by atoms with van der Waals surface area (Å²) in [6.45, 7) is 6.14. The van der Waals surface area contributed by atoms with Gasteiger partial charge in [0.2, 0.25) is 0 Å². The molecule has 6 heteroatoms. The molecule has 2 heterocycles. The maximum atomic E-state index is 12.8. The van der Waals surface area contributed by atoms with Crippen LogP contribution in [-0.2, 0) is 9.53 Å². The summed E-state index contributed by atoms with van der Waals surface area (Å²) < 4.78 is 7.22. The Morgan fingerprint density at radius 1 is 1.24 bits per heavy atom. The first-order valence-electron chi connectivity index (χ1n) is 8.24. The smallest absolute Gasteiger partial charge is 0.331 e. The number of rotatable bonds is 4. The van der Waals surface area contributed by atoms with E-state index < -0.39 is 11.5 Å². The number of carboxylic acids is 1. The van der Waals surface area contributed by atoms with Crippen LogP contribution in [-0.4, -0.2) is 40.3 Å². The number of carbonyl (C=O) groups excluding carboxylic acids is 1. The first-order chi connectivity index (χ1) is 11.9. The Balaban J connectivity index is 1.96. The normalized spacial score (nSPS) is 19.8. The molecular weight excluding hydrogens is 320 g/mol. The van der Waals surface area contributed by atoms with Crippen LogP contribution in [0.25, 0.3) is 5.69 Å². The Bertz CT molecular complexity index is 832. The minimum Gasteiger partial charge on any atom is -0.479 e. The van der Waals surface area contributed by atoms with Gasteiger partial charge in [0.05, 0.1) is 12.2 Å². The lowest BCUT2D eigenvalue weighted by molar-refractivity contribution is -0.144. The fourth-order valence-corrected chi connectivity index (χ4v) is 3.35. The molecule has 1 saturated heterocycles. The zero-order valence-corrected chi connectivity index (χ0v) is 14.6. The van der Waals surface area contributed by atoms with Gasteiger partial charge in [-0.25, -0.2) is 4.79 Å². The number of aliphatic carboxylic acids is 1. The van der Waals surface area contributed by atoms with Crippen LogP contribution in [0.3, 0.4) is 0 Å². The van der Waals surface area contributed by atoms with Gasteiger partial charge in [-0.2, -0.15) is 0 Å². The van der Waals surface area contributed by atoms with Gasteiger partial charge >= 0.3 is 5.97 Å². The van der Waals surface area contributed by atoms with Crippen molar-refractivity contribution in [1.82, 2.24) is 9.88 Å². The molecule has 1 fully saturated rings. The van der Waals surface area contributed by atoms with Crippen molar-refractivity contribution in [3.63, 3.8) is 0 Å². The van der Waals surface area contributed by atoms with Gasteiger partial charge in [-0.05, 0) is 38.5 Å². The molecule has 0 aliphatic carbocycles. The van der Waals surface area contributed by atoms with E-state index in [4.69, 9.17) is 4.74 Å². The van der Waals surface area contributed by atoms with Crippen LogP contribution in [0, 0.1) is 20.8 Å². The van der Waals surface area contributed by atoms with Gasteiger partial charge < -0.3 is 19.7 Å². The van der Waals surface area contributed by atoms with Gasteiger partial charge in [0.15, 0.2) is 5.54 Å². The highest BCUT2D eigenvalue weighted by molar-refractivity contribution is 5.99. The molecule has 1 unspecified atom stereocenters. The molecule has 3 rings (SSSR count). The summed E-state index contributed by atoms with van der Waals surface area (Å²) >= 11 is 0. The van der Waals surface area contributed by atoms with E-state index in [9.17, 15) is 14.7 Å². The second-order valence-electron chi connectivity index (χ2n) is 6.55. The molecule has 1 atom stereocenters. The number of aryl methyl sites for hydroxylation is 2. The zero-order valence-electron chi connectivity index (χ0n) is 14.6.